The van der Waals surface area contributed by atoms with Crippen molar-refractivity contribution in [3.63, 3.8) is 0 Å². The van der Waals surface area contributed by atoms with Crippen molar-refractivity contribution in [1.29, 1.82) is 0 Å². The number of benzene rings is 1. The first-order chi connectivity index (χ1) is 15.7. The highest BCUT2D eigenvalue weighted by Gasteiger charge is 2.21. The second-order valence-electron chi connectivity index (χ2n) is 7.58. The number of rotatable bonds is 16. The zero-order chi connectivity index (χ0) is 24.8. The van der Waals surface area contributed by atoms with Crippen LogP contribution in [0, 0.1) is 0 Å². The van der Waals surface area contributed by atoms with Gasteiger partial charge in [0.25, 0.3) is 0 Å². The lowest BCUT2D eigenvalue weighted by Gasteiger charge is -2.28. The Kier molecular flexibility index (Phi) is 14.9. The molecule has 0 fully saturated rings. The first-order valence-electron chi connectivity index (χ1n) is 10.7. The van der Waals surface area contributed by atoms with Crippen molar-refractivity contribution >= 4 is 33.8 Å². The largest absolute Gasteiger partial charge is 0.492 e. The van der Waals surface area contributed by atoms with Crippen molar-refractivity contribution < 1.29 is 39.9 Å². The van der Waals surface area contributed by atoms with Crippen molar-refractivity contribution in [1.82, 2.24) is 4.90 Å². The minimum absolute atomic E-state index is 0.00723. The molecule has 0 aliphatic rings. The summed E-state index contributed by atoms with van der Waals surface area (Å²) in [6, 6.07) is 5.49. The van der Waals surface area contributed by atoms with Crippen molar-refractivity contribution in [2.45, 2.75) is 50.1 Å². The average molecular weight is 506 g/mol. The molecular weight excluding hydrogens is 470 g/mol. The van der Waals surface area contributed by atoms with Crippen LogP contribution in [0.4, 0.5) is 0 Å². The lowest BCUT2D eigenvalue weighted by atomic mass is 10.1. The molecule has 0 aliphatic heterocycles. The summed E-state index contributed by atoms with van der Waals surface area (Å²) >= 11 is 2.37. The van der Waals surface area contributed by atoms with Gasteiger partial charge in [-0.05, 0) is 29.7 Å². The van der Waals surface area contributed by atoms with Crippen LogP contribution in [0.25, 0.3) is 0 Å². The molecule has 1 rings (SSSR count). The molecule has 0 bridgehead atoms. The molecule has 0 unspecified atom stereocenters. The topological polar surface area (TPSA) is 148 Å². The Balaban J connectivity index is 2.80. The molecule has 0 radical (unpaired) electrons. The van der Waals surface area contributed by atoms with Gasteiger partial charge in [-0.25, -0.2) is 0 Å². The van der Waals surface area contributed by atoms with Crippen LogP contribution >= 0.6 is 23.5 Å². The fraction of sp³-hybridized carbons (Fsp3) is 0.636. The molecule has 0 aromatic heterocycles. The summed E-state index contributed by atoms with van der Waals surface area (Å²) in [5, 5.41) is 47.7. The van der Waals surface area contributed by atoms with E-state index in [1.54, 1.807) is 11.0 Å². The fourth-order valence-electron chi connectivity index (χ4n) is 2.92. The van der Waals surface area contributed by atoms with Crippen LogP contribution in [0.2, 0.25) is 0 Å². The summed E-state index contributed by atoms with van der Waals surface area (Å²) in [4.78, 5) is 24.4. The van der Waals surface area contributed by atoms with Gasteiger partial charge in [-0.1, -0.05) is 29.6 Å². The summed E-state index contributed by atoms with van der Waals surface area (Å²) in [6.45, 7) is 2.94. The number of carbonyl (C=O) groups is 2. The third-order valence-corrected chi connectivity index (χ3v) is 6.45. The predicted molar refractivity (Wildman–Crippen MR) is 129 cm³/mol. The maximum Gasteiger partial charge on any atom is 0.186 e. The Morgan fingerprint density at radius 2 is 1.61 bits per heavy atom. The molecular formula is C22H35NO8S2. The normalized spacial score (nSPS) is 14.2. The number of aliphatic hydroxyl groups is 5. The Hall–Kier alpha value is -1.18. The first-order valence-corrected chi connectivity index (χ1v) is 12.6. The number of thioether (sulfide) groups is 2. The third-order valence-electron chi connectivity index (χ3n) is 4.72. The Morgan fingerprint density at radius 1 is 0.970 bits per heavy atom. The van der Waals surface area contributed by atoms with Crippen molar-refractivity contribution in [3.05, 3.63) is 29.3 Å². The summed E-state index contributed by atoms with van der Waals surface area (Å²) in [6.07, 6.45) is -3.15. The summed E-state index contributed by atoms with van der Waals surface area (Å²) < 4.78 is 5.84. The zero-order valence-electron chi connectivity index (χ0n) is 19.1. The van der Waals surface area contributed by atoms with E-state index in [0.29, 0.717) is 23.8 Å². The smallest absolute Gasteiger partial charge is 0.186 e. The Morgan fingerprint density at radius 3 is 2.18 bits per heavy atom. The minimum Gasteiger partial charge on any atom is -0.492 e. The molecule has 1 aromatic carbocycles. The van der Waals surface area contributed by atoms with Gasteiger partial charge in [0.15, 0.2) is 10.2 Å². The predicted octanol–water partition coefficient (Wildman–Crippen LogP) is 0.384. The highest BCUT2D eigenvalue weighted by atomic mass is 32.2. The summed E-state index contributed by atoms with van der Waals surface area (Å²) in [5.74, 6) is 1.55. The van der Waals surface area contributed by atoms with E-state index < -0.39 is 24.9 Å². The molecule has 11 heteroatoms. The van der Waals surface area contributed by atoms with E-state index >= 15 is 0 Å². The van der Waals surface area contributed by atoms with Gasteiger partial charge < -0.3 is 30.3 Å². The SMILES string of the molecule is CC(=O)SCc1ccc(OCCN(C[C@H](O)CCO)C[C@H](O)[C@H](O)CO)cc1CSC(C)=O. The molecule has 5 N–H and O–H groups in total. The summed E-state index contributed by atoms with van der Waals surface area (Å²) in [5.41, 5.74) is 1.85. The third kappa shape index (κ3) is 12.7. The molecule has 0 amide bonds. The van der Waals surface area contributed by atoms with Crippen LogP contribution in [-0.2, 0) is 21.1 Å². The number of ether oxygens (including phenoxy) is 1. The zero-order valence-corrected chi connectivity index (χ0v) is 20.7. The summed E-state index contributed by atoms with van der Waals surface area (Å²) in [7, 11) is 0. The van der Waals surface area contributed by atoms with Gasteiger partial charge in [0.1, 0.15) is 18.5 Å². The molecule has 0 heterocycles. The van der Waals surface area contributed by atoms with Gasteiger partial charge in [-0.2, -0.15) is 0 Å². The van der Waals surface area contributed by atoms with Crippen LogP contribution < -0.4 is 4.74 Å². The van der Waals surface area contributed by atoms with Crippen molar-refractivity contribution in [3.8, 4) is 5.75 Å². The Labute approximate surface area is 203 Å². The van der Waals surface area contributed by atoms with Gasteiger partial charge in [0, 0.05) is 51.6 Å². The van der Waals surface area contributed by atoms with E-state index in [-0.39, 0.29) is 43.0 Å². The number of hydrogen-bond acceptors (Lipinski definition) is 11. The second-order valence-corrected chi connectivity index (χ2v) is 9.89. The molecule has 0 spiro atoms. The molecule has 0 saturated heterocycles. The fourth-order valence-corrected chi connectivity index (χ4v) is 4.19. The van der Waals surface area contributed by atoms with Crippen molar-refractivity contribution in [2.75, 3.05) is 39.5 Å². The number of hydrogen-bond donors (Lipinski definition) is 5. The second kappa shape index (κ2) is 16.4. The quantitative estimate of drug-likeness (QED) is 0.212. The molecule has 0 aliphatic carbocycles. The molecule has 188 valence electrons. The molecule has 33 heavy (non-hydrogen) atoms. The van der Waals surface area contributed by atoms with Crippen LogP contribution in [0.1, 0.15) is 31.4 Å². The lowest BCUT2D eigenvalue weighted by molar-refractivity contribution is -0.109. The van der Waals surface area contributed by atoms with E-state index in [0.717, 1.165) is 11.1 Å². The van der Waals surface area contributed by atoms with Crippen LogP contribution in [0.3, 0.4) is 0 Å². The van der Waals surface area contributed by atoms with E-state index in [1.807, 2.05) is 12.1 Å². The average Bonchev–Trinajstić information content (AvgIpc) is 2.76. The van der Waals surface area contributed by atoms with Crippen LogP contribution in [-0.4, -0.2) is 98.4 Å². The molecule has 0 saturated carbocycles. The standard InChI is InChI=1S/C22H35NO8S2/c1-15(26)32-13-17-3-4-20(9-18(17)14-33-16(2)27)31-8-6-23(10-19(28)5-7-24)11-21(29)22(30)12-25/h3-4,9,19,21-22,24-25,28-30H,5-8,10-14H2,1-2H3/t19-,21+,22-/m1/s1. The van der Waals surface area contributed by atoms with Crippen LogP contribution in [0.15, 0.2) is 18.2 Å². The first kappa shape index (κ1) is 29.9. The monoisotopic (exact) mass is 505 g/mol. The molecule has 9 nitrogen and oxygen atoms in total. The number of aliphatic hydroxyl groups excluding tert-OH is 5. The van der Waals surface area contributed by atoms with E-state index in [4.69, 9.17) is 14.9 Å². The highest BCUT2D eigenvalue weighted by Crippen LogP contribution is 2.26. The van der Waals surface area contributed by atoms with Gasteiger partial charge in [0.05, 0.1) is 18.8 Å². The van der Waals surface area contributed by atoms with Crippen molar-refractivity contribution in [2.24, 2.45) is 0 Å². The number of carbonyl (C=O) groups excluding carboxylic acids is 2. The van der Waals surface area contributed by atoms with Gasteiger partial charge in [0.2, 0.25) is 0 Å². The minimum atomic E-state index is -1.30. The van der Waals surface area contributed by atoms with Crippen LogP contribution in [0.5, 0.6) is 5.75 Å². The lowest BCUT2D eigenvalue weighted by Crippen LogP contribution is -2.45. The van der Waals surface area contributed by atoms with Gasteiger partial charge in [-0.3, -0.25) is 14.5 Å². The van der Waals surface area contributed by atoms with E-state index in [9.17, 15) is 24.9 Å². The Bertz CT molecular complexity index is 736. The molecule has 3 atom stereocenters. The maximum atomic E-state index is 11.4. The van der Waals surface area contributed by atoms with E-state index in [2.05, 4.69) is 0 Å². The maximum absolute atomic E-state index is 11.4. The van der Waals surface area contributed by atoms with Gasteiger partial charge in [-0.15, -0.1) is 0 Å². The number of nitrogens with zero attached hydrogens (tertiary/aromatic N) is 1. The van der Waals surface area contributed by atoms with E-state index in [1.165, 1.54) is 37.4 Å². The van der Waals surface area contributed by atoms with Gasteiger partial charge >= 0.3 is 0 Å². The molecule has 1 aromatic rings. The highest BCUT2D eigenvalue weighted by molar-refractivity contribution is 8.13.